The Labute approximate surface area is 111 Å². The van der Waals surface area contributed by atoms with Crippen molar-refractivity contribution < 1.29 is 4.79 Å². The summed E-state index contributed by atoms with van der Waals surface area (Å²) in [7, 11) is 0. The molecular formula is C13H17NOS2. The number of thioether (sulfide) groups is 2. The number of carbonyl (C=O) groups is 1. The molecule has 1 saturated heterocycles. The summed E-state index contributed by atoms with van der Waals surface area (Å²) in [5.41, 5.74) is 1.70. The van der Waals surface area contributed by atoms with Gasteiger partial charge < -0.3 is 0 Å². The summed E-state index contributed by atoms with van der Waals surface area (Å²) < 4.78 is 0. The first-order valence-corrected chi connectivity index (χ1v) is 7.81. The summed E-state index contributed by atoms with van der Waals surface area (Å²) >= 11 is 3.70. The average Bonchev–Trinajstić information content (AvgIpc) is 2.33. The Kier molecular flexibility index (Phi) is 4.15. The second kappa shape index (κ2) is 5.44. The largest absolute Gasteiger partial charge is 0.293 e. The van der Waals surface area contributed by atoms with Gasteiger partial charge in [-0.2, -0.15) is 11.8 Å². The number of ketones is 1. The van der Waals surface area contributed by atoms with E-state index in [1.54, 1.807) is 18.0 Å². The molecule has 1 aromatic rings. The zero-order chi connectivity index (χ0) is 12.4. The van der Waals surface area contributed by atoms with Gasteiger partial charge in [-0.05, 0) is 19.1 Å². The molecule has 0 amide bonds. The number of carbonyl (C=O) groups excluding carboxylic acids is 1. The minimum absolute atomic E-state index is 0.0932. The predicted molar refractivity (Wildman–Crippen MR) is 76.1 cm³/mol. The summed E-state index contributed by atoms with van der Waals surface area (Å²) in [5, 5.41) is 1.28. The lowest BCUT2D eigenvalue weighted by Crippen LogP contribution is -2.31. The van der Waals surface area contributed by atoms with Crippen molar-refractivity contribution in [3.63, 3.8) is 0 Å². The second-order valence-corrected chi connectivity index (χ2v) is 7.42. The van der Waals surface area contributed by atoms with Gasteiger partial charge in [0.15, 0.2) is 5.78 Å². The zero-order valence-electron chi connectivity index (χ0n) is 10.3. The highest BCUT2D eigenvalue weighted by Crippen LogP contribution is 2.36. The van der Waals surface area contributed by atoms with Gasteiger partial charge in [0.05, 0.1) is 5.25 Å². The van der Waals surface area contributed by atoms with E-state index in [0.717, 1.165) is 17.0 Å². The van der Waals surface area contributed by atoms with Gasteiger partial charge >= 0.3 is 0 Å². The maximum absolute atomic E-state index is 12.3. The van der Waals surface area contributed by atoms with Crippen molar-refractivity contribution in [1.82, 2.24) is 4.98 Å². The van der Waals surface area contributed by atoms with Crippen LogP contribution in [0.25, 0.3) is 0 Å². The maximum Gasteiger partial charge on any atom is 0.178 e. The lowest BCUT2D eigenvalue weighted by Gasteiger charge is -2.30. The molecule has 0 radical (unpaired) electrons. The van der Waals surface area contributed by atoms with E-state index in [0.29, 0.717) is 10.5 Å². The molecule has 92 valence electrons. The number of aromatic nitrogens is 1. The van der Waals surface area contributed by atoms with Crippen molar-refractivity contribution in [2.45, 2.75) is 36.5 Å². The van der Waals surface area contributed by atoms with Gasteiger partial charge in [0, 0.05) is 33.7 Å². The Bertz CT molecular complexity index is 404. The third-order valence-electron chi connectivity index (χ3n) is 3.04. The molecule has 0 aliphatic carbocycles. The highest BCUT2D eigenvalue weighted by atomic mass is 32.2. The first-order chi connectivity index (χ1) is 8.08. The van der Waals surface area contributed by atoms with E-state index in [9.17, 15) is 4.79 Å². The molecule has 3 atom stereocenters. The van der Waals surface area contributed by atoms with Crippen LogP contribution in [0.2, 0.25) is 0 Å². The Hall–Kier alpha value is -0.480. The summed E-state index contributed by atoms with van der Waals surface area (Å²) in [4.78, 5) is 16.5. The molecule has 2 heterocycles. The Morgan fingerprint density at radius 2 is 2.12 bits per heavy atom. The SMILES string of the molecule is Cc1ccc(C(=O)C2CSC(C)C(C)S2)cn1. The molecule has 0 bridgehead atoms. The first kappa shape index (κ1) is 13.0. The fourth-order valence-electron chi connectivity index (χ4n) is 1.72. The molecule has 0 spiro atoms. The van der Waals surface area contributed by atoms with Crippen molar-refractivity contribution >= 4 is 29.3 Å². The van der Waals surface area contributed by atoms with E-state index in [1.165, 1.54) is 0 Å². The molecule has 2 rings (SSSR count). The lowest BCUT2D eigenvalue weighted by atomic mass is 10.1. The molecular weight excluding hydrogens is 250 g/mol. The summed E-state index contributed by atoms with van der Waals surface area (Å²) in [6.45, 7) is 6.37. The number of rotatable bonds is 2. The fourth-order valence-corrected chi connectivity index (χ4v) is 4.60. The van der Waals surface area contributed by atoms with Crippen LogP contribution in [0.5, 0.6) is 0 Å². The Balaban J connectivity index is 2.08. The molecule has 0 N–H and O–H groups in total. The molecule has 2 nitrogen and oxygen atoms in total. The van der Waals surface area contributed by atoms with Crippen LogP contribution in [0.15, 0.2) is 18.3 Å². The first-order valence-electron chi connectivity index (χ1n) is 5.82. The molecule has 4 heteroatoms. The van der Waals surface area contributed by atoms with E-state index in [2.05, 4.69) is 18.8 Å². The highest BCUT2D eigenvalue weighted by Gasteiger charge is 2.30. The van der Waals surface area contributed by atoms with Crippen LogP contribution in [-0.2, 0) is 0 Å². The molecule has 17 heavy (non-hydrogen) atoms. The Morgan fingerprint density at radius 1 is 1.35 bits per heavy atom. The number of hydrogen-bond donors (Lipinski definition) is 0. The fraction of sp³-hybridized carbons (Fsp3) is 0.538. The van der Waals surface area contributed by atoms with E-state index in [4.69, 9.17) is 0 Å². The van der Waals surface area contributed by atoms with Gasteiger partial charge in [0.2, 0.25) is 0 Å². The topological polar surface area (TPSA) is 30.0 Å². The van der Waals surface area contributed by atoms with Crippen molar-refractivity contribution in [3.8, 4) is 0 Å². The summed E-state index contributed by atoms with van der Waals surface area (Å²) in [6, 6.07) is 3.79. The number of pyridine rings is 1. The average molecular weight is 267 g/mol. The van der Waals surface area contributed by atoms with Crippen molar-refractivity contribution in [3.05, 3.63) is 29.6 Å². The number of hydrogen-bond acceptors (Lipinski definition) is 4. The van der Waals surface area contributed by atoms with Crippen LogP contribution >= 0.6 is 23.5 Å². The maximum atomic E-state index is 12.3. The van der Waals surface area contributed by atoms with E-state index < -0.39 is 0 Å². The molecule has 0 aromatic carbocycles. The molecule has 1 aromatic heterocycles. The minimum atomic E-state index is 0.0932. The van der Waals surface area contributed by atoms with Gasteiger partial charge in [0.1, 0.15) is 0 Å². The molecule has 3 unspecified atom stereocenters. The van der Waals surface area contributed by atoms with Gasteiger partial charge in [-0.15, -0.1) is 11.8 Å². The Morgan fingerprint density at radius 3 is 2.71 bits per heavy atom. The molecule has 1 aliphatic heterocycles. The standard InChI is InChI=1S/C13H17NOS2/c1-8-4-5-11(6-14-8)13(15)12-7-16-9(2)10(3)17-12/h4-6,9-10,12H,7H2,1-3H3. The van der Waals surface area contributed by atoms with Crippen LogP contribution in [0.3, 0.4) is 0 Å². The molecule has 0 saturated carbocycles. The summed E-state index contributed by atoms with van der Waals surface area (Å²) in [5.74, 6) is 1.15. The van der Waals surface area contributed by atoms with Gasteiger partial charge in [-0.25, -0.2) is 0 Å². The van der Waals surface area contributed by atoms with E-state index in [-0.39, 0.29) is 11.0 Å². The zero-order valence-corrected chi connectivity index (χ0v) is 12.0. The van der Waals surface area contributed by atoms with Crippen molar-refractivity contribution in [2.24, 2.45) is 0 Å². The lowest BCUT2D eigenvalue weighted by molar-refractivity contribution is 0.0994. The van der Waals surface area contributed by atoms with Crippen molar-refractivity contribution in [1.29, 1.82) is 0 Å². The van der Waals surface area contributed by atoms with Crippen LogP contribution < -0.4 is 0 Å². The number of nitrogens with zero attached hydrogens (tertiary/aromatic N) is 1. The van der Waals surface area contributed by atoms with Crippen LogP contribution in [-0.4, -0.2) is 32.3 Å². The normalized spacial score (nSPS) is 29.0. The quantitative estimate of drug-likeness (QED) is 0.770. The molecule has 1 fully saturated rings. The monoisotopic (exact) mass is 267 g/mol. The van der Waals surface area contributed by atoms with Gasteiger partial charge in [-0.1, -0.05) is 13.8 Å². The van der Waals surface area contributed by atoms with Crippen LogP contribution in [0.1, 0.15) is 29.9 Å². The second-order valence-electron chi connectivity index (χ2n) is 4.42. The third-order valence-corrected chi connectivity index (χ3v) is 6.43. The molecule has 1 aliphatic rings. The van der Waals surface area contributed by atoms with Gasteiger partial charge in [0.25, 0.3) is 0 Å². The van der Waals surface area contributed by atoms with Crippen LogP contribution in [0.4, 0.5) is 0 Å². The highest BCUT2D eigenvalue weighted by molar-refractivity contribution is 8.08. The third kappa shape index (κ3) is 3.05. The van der Waals surface area contributed by atoms with Crippen LogP contribution in [0, 0.1) is 6.92 Å². The predicted octanol–water partition coefficient (Wildman–Crippen LogP) is 3.20. The minimum Gasteiger partial charge on any atom is -0.293 e. The van der Waals surface area contributed by atoms with Crippen molar-refractivity contribution in [2.75, 3.05) is 5.75 Å². The summed E-state index contributed by atoms with van der Waals surface area (Å²) in [6.07, 6.45) is 1.70. The number of Topliss-reactive ketones (excluding diaryl/α,β-unsaturated/α-hetero) is 1. The number of aryl methyl sites for hydroxylation is 1. The van der Waals surface area contributed by atoms with E-state index in [1.807, 2.05) is 30.8 Å². The van der Waals surface area contributed by atoms with Gasteiger partial charge in [-0.3, -0.25) is 9.78 Å². The smallest absolute Gasteiger partial charge is 0.178 e. The van der Waals surface area contributed by atoms with E-state index >= 15 is 0 Å².